The molecular formula is C17H13N3O3S2. The number of pyridine rings is 1. The summed E-state index contributed by atoms with van der Waals surface area (Å²) in [6, 6.07) is 10.2. The Balaban J connectivity index is 1.76. The number of carbonyl (C=O) groups is 2. The summed E-state index contributed by atoms with van der Waals surface area (Å²) in [7, 11) is 1.52. The maximum Gasteiger partial charge on any atom is 0.285 e. The lowest BCUT2D eigenvalue weighted by Gasteiger charge is -2.15. The van der Waals surface area contributed by atoms with Gasteiger partial charge in [0.15, 0.2) is 4.32 Å². The highest BCUT2D eigenvalue weighted by molar-refractivity contribution is 8.26. The fourth-order valence-corrected chi connectivity index (χ4v) is 3.29. The molecule has 0 saturated carbocycles. The van der Waals surface area contributed by atoms with Crippen LogP contribution in [0, 0.1) is 0 Å². The van der Waals surface area contributed by atoms with E-state index in [0.29, 0.717) is 16.2 Å². The molecule has 0 spiro atoms. The van der Waals surface area contributed by atoms with Crippen molar-refractivity contribution in [2.24, 2.45) is 0 Å². The third kappa shape index (κ3) is 3.86. The van der Waals surface area contributed by atoms with E-state index >= 15 is 0 Å². The average molecular weight is 371 g/mol. The van der Waals surface area contributed by atoms with Crippen molar-refractivity contribution in [3.63, 3.8) is 0 Å². The molecule has 2 heterocycles. The van der Waals surface area contributed by atoms with Crippen molar-refractivity contribution in [3.8, 4) is 5.75 Å². The molecule has 0 bridgehead atoms. The van der Waals surface area contributed by atoms with E-state index < -0.39 is 5.91 Å². The number of methoxy groups -OCH3 is 1. The Hall–Kier alpha value is -2.71. The molecule has 8 heteroatoms. The standard InChI is InChI=1S/C17H13N3O3S2/c1-23-13-6-2-5-12(9-13)15(21)19-20-16(22)14(25-17(20)24)8-11-4-3-7-18-10-11/h2-10H,1H3,(H,19,21)/b14-8+. The highest BCUT2D eigenvalue weighted by atomic mass is 32.2. The molecule has 1 saturated heterocycles. The van der Waals surface area contributed by atoms with Gasteiger partial charge in [0, 0.05) is 18.0 Å². The lowest BCUT2D eigenvalue weighted by Crippen LogP contribution is -2.44. The fourth-order valence-electron chi connectivity index (χ4n) is 2.11. The topological polar surface area (TPSA) is 71.5 Å². The second-order valence-corrected chi connectivity index (χ2v) is 6.65. The Bertz CT molecular complexity index is 868. The van der Waals surface area contributed by atoms with Gasteiger partial charge in [-0.3, -0.25) is 20.0 Å². The van der Waals surface area contributed by atoms with Gasteiger partial charge in [0.2, 0.25) is 0 Å². The summed E-state index contributed by atoms with van der Waals surface area (Å²) < 4.78 is 5.36. The molecule has 2 amide bonds. The van der Waals surface area contributed by atoms with Gasteiger partial charge in [-0.05, 0) is 48.1 Å². The molecule has 0 unspecified atom stereocenters. The normalized spacial score (nSPS) is 15.6. The number of nitrogens with zero attached hydrogens (tertiary/aromatic N) is 2. The predicted octanol–water partition coefficient (Wildman–Crippen LogP) is 2.64. The molecule has 3 rings (SSSR count). The lowest BCUT2D eigenvalue weighted by atomic mass is 10.2. The summed E-state index contributed by atoms with van der Waals surface area (Å²) in [4.78, 5) is 29.3. The number of thiocarbonyl (C=S) groups is 1. The quantitative estimate of drug-likeness (QED) is 0.658. The second-order valence-electron chi connectivity index (χ2n) is 4.98. The number of hydrogen-bond acceptors (Lipinski definition) is 6. The van der Waals surface area contributed by atoms with Crippen molar-refractivity contribution in [1.82, 2.24) is 15.4 Å². The molecule has 0 atom stereocenters. The summed E-state index contributed by atoms with van der Waals surface area (Å²) >= 11 is 6.32. The zero-order valence-electron chi connectivity index (χ0n) is 13.1. The minimum Gasteiger partial charge on any atom is -0.497 e. The van der Waals surface area contributed by atoms with Crippen molar-refractivity contribution >= 4 is 46.2 Å². The first-order valence-corrected chi connectivity index (χ1v) is 8.44. The maximum atomic E-state index is 12.5. The molecule has 1 aromatic heterocycles. The van der Waals surface area contributed by atoms with Crippen molar-refractivity contribution in [1.29, 1.82) is 0 Å². The Morgan fingerprint density at radius 1 is 1.36 bits per heavy atom. The molecule has 1 aliphatic rings. The van der Waals surface area contributed by atoms with Crippen LogP contribution in [0.5, 0.6) is 5.75 Å². The SMILES string of the molecule is COc1cccc(C(=O)NN2C(=O)/C(=C\c3cccnc3)SC2=S)c1. The zero-order chi connectivity index (χ0) is 17.8. The van der Waals surface area contributed by atoms with Crippen LogP contribution in [0.1, 0.15) is 15.9 Å². The smallest absolute Gasteiger partial charge is 0.285 e. The summed E-state index contributed by atoms with van der Waals surface area (Å²) in [6.45, 7) is 0. The van der Waals surface area contributed by atoms with Gasteiger partial charge < -0.3 is 4.74 Å². The van der Waals surface area contributed by atoms with Gasteiger partial charge in [-0.1, -0.05) is 23.9 Å². The van der Waals surface area contributed by atoms with Crippen LogP contribution >= 0.6 is 24.0 Å². The van der Waals surface area contributed by atoms with Crippen LogP contribution in [0.2, 0.25) is 0 Å². The van der Waals surface area contributed by atoms with Crippen LogP contribution < -0.4 is 10.2 Å². The van der Waals surface area contributed by atoms with Crippen molar-refractivity contribution in [3.05, 3.63) is 64.8 Å². The molecule has 126 valence electrons. The van der Waals surface area contributed by atoms with E-state index in [1.54, 1.807) is 48.8 Å². The van der Waals surface area contributed by atoms with Gasteiger partial charge in [0.1, 0.15) is 5.75 Å². The van der Waals surface area contributed by atoms with Crippen molar-refractivity contribution < 1.29 is 14.3 Å². The molecule has 0 radical (unpaired) electrons. The first-order chi connectivity index (χ1) is 12.1. The third-order valence-corrected chi connectivity index (χ3v) is 4.62. The zero-order valence-corrected chi connectivity index (χ0v) is 14.8. The van der Waals surface area contributed by atoms with E-state index in [0.717, 1.165) is 22.3 Å². The van der Waals surface area contributed by atoms with Crippen molar-refractivity contribution in [2.45, 2.75) is 0 Å². The Labute approximate surface area is 153 Å². The number of aromatic nitrogens is 1. The van der Waals surface area contributed by atoms with E-state index in [1.165, 1.54) is 7.11 Å². The van der Waals surface area contributed by atoms with Crippen LogP contribution in [0.25, 0.3) is 6.08 Å². The van der Waals surface area contributed by atoms with E-state index in [4.69, 9.17) is 17.0 Å². The minimum atomic E-state index is -0.446. The lowest BCUT2D eigenvalue weighted by molar-refractivity contribution is -0.123. The molecule has 6 nitrogen and oxygen atoms in total. The van der Waals surface area contributed by atoms with Gasteiger partial charge in [-0.15, -0.1) is 0 Å². The number of hydrogen-bond donors (Lipinski definition) is 1. The van der Waals surface area contributed by atoms with Crippen molar-refractivity contribution in [2.75, 3.05) is 7.11 Å². The first kappa shape index (κ1) is 17.1. The number of hydrazine groups is 1. The second kappa shape index (κ2) is 7.45. The molecule has 25 heavy (non-hydrogen) atoms. The van der Waals surface area contributed by atoms with Gasteiger partial charge in [0.05, 0.1) is 12.0 Å². The van der Waals surface area contributed by atoms with Crippen LogP contribution in [0.4, 0.5) is 0 Å². The molecule has 1 N–H and O–H groups in total. The highest BCUT2D eigenvalue weighted by Crippen LogP contribution is 2.31. The molecule has 2 aromatic rings. The molecule has 1 fully saturated rings. The Morgan fingerprint density at radius 3 is 2.92 bits per heavy atom. The molecule has 1 aliphatic heterocycles. The number of carbonyl (C=O) groups excluding carboxylic acids is 2. The van der Waals surface area contributed by atoms with Gasteiger partial charge in [-0.25, -0.2) is 0 Å². The number of ether oxygens (including phenoxy) is 1. The summed E-state index contributed by atoms with van der Waals surface area (Å²) in [5.74, 6) is -0.276. The van der Waals surface area contributed by atoms with E-state index in [1.807, 2.05) is 6.07 Å². The monoisotopic (exact) mass is 371 g/mol. The average Bonchev–Trinajstić information content (AvgIpc) is 2.90. The fraction of sp³-hybridized carbons (Fsp3) is 0.0588. The molecule has 1 aromatic carbocycles. The number of amides is 2. The van der Waals surface area contributed by atoms with Gasteiger partial charge in [-0.2, -0.15) is 5.01 Å². The van der Waals surface area contributed by atoms with Crippen LogP contribution in [-0.4, -0.2) is 33.2 Å². The Kier molecular flexibility index (Phi) is 5.11. The first-order valence-electron chi connectivity index (χ1n) is 7.21. The van der Waals surface area contributed by atoms with Crippen LogP contribution in [0.15, 0.2) is 53.7 Å². The van der Waals surface area contributed by atoms with E-state index in [-0.39, 0.29) is 10.2 Å². The largest absolute Gasteiger partial charge is 0.497 e. The highest BCUT2D eigenvalue weighted by Gasteiger charge is 2.33. The van der Waals surface area contributed by atoms with E-state index in [9.17, 15) is 9.59 Å². The number of benzene rings is 1. The summed E-state index contributed by atoms with van der Waals surface area (Å²) in [6.07, 6.45) is 4.97. The third-order valence-electron chi connectivity index (χ3n) is 3.32. The maximum absolute atomic E-state index is 12.5. The van der Waals surface area contributed by atoms with E-state index in [2.05, 4.69) is 10.4 Å². The van der Waals surface area contributed by atoms with Gasteiger partial charge in [0.25, 0.3) is 11.8 Å². The summed E-state index contributed by atoms with van der Waals surface area (Å²) in [5.41, 5.74) is 3.68. The number of thioether (sulfide) groups is 1. The minimum absolute atomic E-state index is 0.261. The van der Waals surface area contributed by atoms with Crippen LogP contribution in [-0.2, 0) is 4.79 Å². The van der Waals surface area contributed by atoms with Crippen LogP contribution in [0.3, 0.4) is 0 Å². The Morgan fingerprint density at radius 2 is 2.20 bits per heavy atom. The number of rotatable bonds is 4. The summed E-state index contributed by atoms with van der Waals surface area (Å²) in [5, 5.41) is 1.07. The van der Waals surface area contributed by atoms with Gasteiger partial charge >= 0.3 is 0 Å². The molecule has 0 aliphatic carbocycles. The number of nitrogens with one attached hydrogen (secondary N) is 1. The molecular weight excluding hydrogens is 358 g/mol. The predicted molar refractivity (Wildman–Crippen MR) is 99.7 cm³/mol.